The van der Waals surface area contributed by atoms with Gasteiger partial charge in [0.15, 0.2) is 0 Å². The maximum atomic E-state index is 12.4. The summed E-state index contributed by atoms with van der Waals surface area (Å²) in [5.41, 5.74) is -1.06. The van der Waals surface area contributed by atoms with E-state index in [-0.39, 0.29) is 10.6 Å². The third kappa shape index (κ3) is 7.19. The van der Waals surface area contributed by atoms with Crippen LogP contribution >= 0.6 is 0 Å². The Balaban J connectivity index is 2.90. The van der Waals surface area contributed by atoms with E-state index in [9.17, 15) is 28.1 Å². The predicted octanol–water partition coefficient (Wildman–Crippen LogP) is 0.939. The lowest BCUT2D eigenvalue weighted by atomic mass is 10.2. The van der Waals surface area contributed by atoms with Crippen molar-refractivity contribution in [3.63, 3.8) is 0 Å². The van der Waals surface area contributed by atoms with Crippen LogP contribution in [0.25, 0.3) is 0 Å². The average Bonchev–Trinajstić information content (AvgIpc) is 2.56. The maximum absolute atomic E-state index is 12.4. The molecule has 0 bridgehead atoms. The first-order chi connectivity index (χ1) is 12.4. The number of ether oxygens (including phenoxy) is 2. The number of benzene rings is 1. The van der Waals surface area contributed by atoms with Crippen LogP contribution in [0, 0.1) is 10.1 Å². The number of amides is 1. The van der Waals surface area contributed by atoms with E-state index in [2.05, 4.69) is 14.8 Å². The number of carbonyl (C=O) groups excluding carboxylic acids is 2. The summed E-state index contributed by atoms with van der Waals surface area (Å²) in [7, 11) is -3.15. The average molecular weight is 403 g/mol. The molecule has 0 aliphatic carbocycles. The van der Waals surface area contributed by atoms with Gasteiger partial charge >= 0.3 is 12.1 Å². The highest BCUT2D eigenvalue weighted by Gasteiger charge is 2.28. The fourth-order valence-electron chi connectivity index (χ4n) is 1.82. The van der Waals surface area contributed by atoms with E-state index in [1.165, 1.54) is 0 Å². The van der Waals surface area contributed by atoms with Crippen molar-refractivity contribution < 1.29 is 32.4 Å². The number of rotatable bonds is 7. The molecule has 0 aliphatic heterocycles. The van der Waals surface area contributed by atoms with E-state index in [0.29, 0.717) is 0 Å². The highest BCUT2D eigenvalue weighted by Crippen LogP contribution is 2.16. The molecule has 12 heteroatoms. The number of sulfonamides is 1. The first-order valence-corrected chi connectivity index (χ1v) is 9.15. The molecule has 1 amide bonds. The first kappa shape index (κ1) is 22.3. The maximum Gasteiger partial charge on any atom is 0.407 e. The number of alkyl carbamates (subject to hydrolysis) is 1. The number of nitrogens with one attached hydrogen (secondary N) is 2. The van der Waals surface area contributed by atoms with Crippen molar-refractivity contribution in [2.75, 3.05) is 13.7 Å². The molecule has 0 saturated carbocycles. The molecule has 1 aromatic carbocycles. The molecule has 0 spiro atoms. The lowest BCUT2D eigenvalue weighted by molar-refractivity contribution is -0.384. The number of carbonyl (C=O) groups is 2. The molecule has 11 nitrogen and oxygen atoms in total. The lowest BCUT2D eigenvalue weighted by Gasteiger charge is -2.21. The van der Waals surface area contributed by atoms with E-state index >= 15 is 0 Å². The molecule has 0 heterocycles. The highest BCUT2D eigenvalue weighted by atomic mass is 32.2. The van der Waals surface area contributed by atoms with E-state index in [1.807, 2.05) is 0 Å². The summed E-state index contributed by atoms with van der Waals surface area (Å²) in [5, 5.41) is 12.9. The third-order valence-electron chi connectivity index (χ3n) is 2.99. The molecular weight excluding hydrogens is 382 g/mol. The van der Waals surface area contributed by atoms with Crippen LogP contribution in [-0.4, -0.2) is 50.7 Å². The van der Waals surface area contributed by atoms with Crippen LogP contribution in [0.4, 0.5) is 10.5 Å². The van der Waals surface area contributed by atoms with Crippen molar-refractivity contribution >= 4 is 27.8 Å². The summed E-state index contributed by atoms with van der Waals surface area (Å²) in [4.78, 5) is 33.2. The third-order valence-corrected chi connectivity index (χ3v) is 4.48. The van der Waals surface area contributed by atoms with Crippen LogP contribution < -0.4 is 10.0 Å². The normalized spacial score (nSPS) is 12.7. The molecule has 0 aromatic heterocycles. The molecule has 0 fully saturated rings. The van der Waals surface area contributed by atoms with Crippen LogP contribution in [0.3, 0.4) is 0 Å². The topological polar surface area (TPSA) is 154 Å². The number of non-ortho nitro benzene ring substituents is 1. The minimum absolute atomic E-state index is 0.287. The number of nitrogens with zero attached hydrogens (tertiary/aromatic N) is 1. The zero-order valence-corrected chi connectivity index (χ0v) is 16.0. The predicted molar refractivity (Wildman–Crippen MR) is 93.5 cm³/mol. The SMILES string of the molecule is COC(=O)[C@H](CNC(=O)OC(C)(C)C)NS(=O)(=O)c1ccc([N+](=O)[O-])cc1. The standard InChI is InChI=1S/C15H21N3O8S/c1-15(2,3)26-14(20)16-9-12(13(19)25-4)17-27(23,24)11-7-5-10(6-8-11)18(21)22/h5-8,12,17H,9H2,1-4H3,(H,16,20)/t12-/m0/s1. The van der Waals surface area contributed by atoms with Crippen molar-refractivity contribution in [2.45, 2.75) is 37.3 Å². The van der Waals surface area contributed by atoms with Gasteiger partial charge < -0.3 is 14.8 Å². The van der Waals surface area contributed by atoms with E-state index in [4.69, 9.17) is 4.74 Å². The second-order valence-electron chi connectivity index (χ2n) is 6.33. The number of methoxy groups -OCH3 is 1. The molecule has 1 atom stereocenters. The van der Waals surface area contributed by atoms with Gasteiger partial charge in [0.25, 0.3) is 5.69 Å². The van der Waals surface area contributed by atoms with E-state index < -0.39 is 45.2 Å². The molecule has 27 heavy (non-hydrogen) atoms. The van der Waals surface area contributed by atoms with Gasteiger partial charge in [-0.2, -0.15) is 4.72 Å². The number of nitro groups is 1. The molecular formula is C15H21N3O8S. The molecule has 150 valence electrons. The minimum Gasteiger partial charge on any atom is -0.468 e. The quantitative estimate of drug-likeness (QED) is 0.387. The Morgan fingerprint density at radius 3 is 2.22 bits per heavy atom. The molecule has 2 N–H and O–H groups in total. The zero-order valence-electron chi connectivity index (χ0n) is 15.2. The number of nitro benzene ring substituents is 1. The molecule has 0 radical (unpaired) electrons. The zero-order chi connectivity index (χ0) is 20.8. The van der Waals surface area contributed by atoms with Crippen LogP contribution in [0.2, 0.25) is 0 Å². The Kier molecular flexibility index (Phi) is 7.25. The summed E-state index contributed by atoms with van der Waals surface area (Å²) in [6.07, 6.45) is -0.842. The van der Waals surface area contributed by atoms with E-state index in [0.717, 1.165) is 31.4 Å². The van der Waals surface area contributed by atoms with Gasteiger partial charge in [-0.15, -0.1) is 0 Å². The van der Waals surface area contributed by atoms with Gasteiger partial charge in [0.05, 0.1) is 16.9 Å². The fraction of sp³-hybridized carbons (Fsp3) is 0.467. The van der Waals surface area contributed by atoms with Crippen LogP contribution in [-0.2, 0) is 24.3 Å². The Hall–Kier alpha value is -2.73. The van der Waals surface area contributed by atoms with Gasteiger partial charge in [-0.3, -0.25) is 14.9 Å². The summed E-state index contributed by atoms with van der Waals surface area (Å²) in [6.45, 7) is 4.50. The summed E-state index contributed by atoms with van der Waals surface area (Å²) < 4.78 is 36.4. The molecule has 0 aliphatic rings. The van der Waals surface area contributed by atoms with Crippen molar-refractivity contribution in [3.8, 4) is 0 Å². The van der Waals surface area contributed by atoms with Crippen LogP contribution in [0.1, 0.15) is 20.8 Å². The lowest BCUT2D eigenvalue weighted by Crippen LogP contribution is -2.49. The number of hydrogen-bond acceptors (Lipinski definition) is 8. The van der Waals surface area contributed by atoms with E-state index in [1.54, 1.807) is 20.8 Å². The van der Waals surface area contributed by atoms with Crippen molar-refractivity contribution in [3.05, 3.63) is 34.4 Å². The second-order valence-corrected chi connectivity index (χ2v) is 8.04. The Morgan fingerprint density at radius 2 is 1.78 bits per heavy atom. The van der Waals surface area contributed by atoms with Crippen molar-refractivity contribution in [1.29, 1.82) is 0 Å². The molecule has 1 aromatic rings. The summed E-state index contributed by atoms with van der Waals surface area (Å²) >= 11 is 0. The minimum atomic E-state index is -4.21. The van der Waals surface area contributed by atoms with Gasteiger partial charge in [-0.1, -0.05) is 0 Å². The Morgan fingerprint density at radius 1 is 1.22 bits per heavy atom. The van der Waals surface area contributed by atoms with Gasteiger partial charge in [0.1, 0.15) is 11.6 Å². The van der Waals surface area contributed by atoms with Gasteiger partial charge in [0, 0.05) is 18.7 Å². The van der Waals surface area contributed by atoms with Crippen LogP contribution in [0.5, 0.6) is 0 Å². The molecule has 0 saturated heterocycles. The van der Waals surface area contributed by atoms with Gasteiger partial charge in [0.2, 0.25) is 10.0 Å². The number of esters is 1. The molecule has 1 rings (SSSR count). The van der Waals surface area contributed by atoms with Crippen molar-refractivity contribution in [1.82, 2.24) is 10.0 Å². The summed E-state index contributed by atoms with van der Waals surface area (Å²) in [5.74, 6) is -0.934. The molecule has 0 unspecified atom stereocenters. The first-order valence-electron chi connectivity index (χ1n) is 7.67. The smallest absolute Gasteiger partial charge is 0.407 e. The van der Waals surface area contributed by atoms with Gasteiger partial charge in [-0.05, 0) is 32.9 Å². The van der Waals surface area contributed by atoms with Crippen molar-refractivity contribution in [2.24, 2.45) is 0 Å². The monoisotopic (exact) mass is 403 g/mol. The Labute approximate surface area is 156 Å². The van der Waals surface area contributed by atoms with Crippen LogP contribution in [0.15, 0.2) is 29.2 Å². The Bertz CT molecular complexity index is 799. The number of hydrogen-bond donors (Lipinski definition) is 2. The second kappa shape index (κ2) is 8.77. The fourth-order valence-corrected chi connectivity index (χ4v) is 3.00. The summed E-state index contributed by atoms with van der Waals surface area (Å²) in [6, 6.07) is 2.65. The highest BCUT2D eigenvalue weighted by molar-refractivity contribution is 7.89. The van der Waals surface area contributed by atoms with Gasteiger partial charge in [-0.25, -0.2) is 13.2 Å². The largest absolute Gasteiger partial charge is 0.468 e.